The summed E-state index contributed by atoms with van der Waals surface area (Å²) >= 11 is 3.41. The number of benzene rings is 1. The number of aliphatic hydroxyl groups excluding tert-OH is 1. The van der Waals surface area contributed by atoms with Crippen molar-refractivity contribution >= 4 is 15.9 Å². The van der Waals surface area contributed by atoms with E-state index in [1.165, 1.54) is 5.56 Å². The summed E-state index contributed by atoms with van der Waals surface area (Å²) in [5.41, 5.74) is 5.61. The molecule has 2 rings (SSSR count). The lowest BCUT2D eigenvalue weighted by molar-refractivity contribution is 0.173. The van der Waals surface area contributed by atoms with Crippen molar-refractivity contribution in [2.75, 3.05) is 0 Å². The summed E-state index contributed by atoms with van der Waals surface area (Å²) in [6.45, 7) is 6.17. The van der Waals surface area contributed by atoms with Gasteiger partial charge in [-0.25, -0.2) is 0 Å². The fourth-order valence-corrected chi connectivity index (χ4v) is 2.42. The van der Waals surface area contributed by atoms with Gasteiger partial charge in [0.2, 0.25) is 0 Å². The Morgan fingerprint density at radius 2 is 1.72 bits per heavy atom. The maximum Gasteiger partial charge on any atom is 0.0980 e. The monoisotopic (exact) mass is 307 g/mol. The molecule has 1 aromatic heterocycles. The number of aryl methyl sites for hydroxylation is 1. The Hall–Kier alpha value is -1.06. The maximum atomic E-state index is 10.3. The largest absolute Gasteiger partial charge is 0.387 e. The van der Waals surface area contributed by atoms with Crippen molar-refractivity contribution in [1.29, 1.82) is 0 Å². The van der Waals surface area contributed by atoms with Gasteiger partial charge < -0.3 is 10.1 Å². The van der Waals surface area contributed by atoms with Gasteiger partial charge in [-0.15, -0.1) is 0 Å². The highest BCUT2D eigenvalue weighted by Gasteiger charge is 2.16. The van der Waals surface area contributed by atoms with E-state index >= 15 is 0 Å². The molecule has 0 radical (unpaired) electrons. The molecule has 3 heteroatoms. The van der Waals surface area contributed by atoms with E-state index in [9.17, 15) is 5.11 Å². The van der Waals surface area contributed by atoms with Crippen molar-refractivity contribution < 1.29 is 5.11 Å². The second kappa shape index (κ2) is 5.29. The second-order valence-electron chi connectivity index (χ2n) is 4.76. The molecule has 0 amide bonds. The molecule has 2 N–H and O–H groups in total. The molecule has 0 aliphatic carbocycles. The first-order chi connectivity index (χ1) is 8.49. The highest BCUT2D eigenvalue weighted by atomic mass is 79.9. The molecule has 2 aromatic rings. The van der Waals surface area contributed by atoms with E-state index in [0.717, 1.165) is 27.0 Å². The van der Waals surface area contributed by atoms with E-state index in [0.29, 0.717) is 6.42 Å². The van der Waals surface area contributed by atoms with Crippen LogP contribution < -0.4 is 0 Å². The molecule has 0 saturated heterocycles. The van der Waals surface area contributed by atoms with Gasteiger partial charge in [-0.2, -0.15) is 0 Å². The van der Waals surface area contributed by atoms with Gasteiger partial charge in [0.1, 0.15) is 0 Å². The first kappa shape index (κ1) is 13.4. The number of rotatable bonds is 3. The Kier molecular flexibility index (Phi) is 3.93. The number of aromatic nitrogens is 1. The van der Waals surface area contributed by atoms with Gasteiger partial charge in [0.25, 0.3) is 0 Å². The van der Waals surface area contributed by atoms with Crippen LogP contribution in [0.2, 0.25) is 0 Å². The summed E-state index contributed by atoms with van der Waals surface area (Å²) in [7, 11) is 0. The van der Waals surface area contributed by atoms with Gasteiger partial charge in [0.05, 0.1) is 6.10 Å². The van der Waals surface area contributed by atoms with Crippen LogP contribution in [0.15, 0.2) is 28.7 Å². The minimum absolute atomic E-state index is 0.474. The molecule has 96 valence electrons. The average molecular weight is 308 g/mol. The summed E-state index contributed by atoms with van der Waals surface area (Å²) in [5.74, 6) is 0. The molecular weight excluding hydrogens is 290 g/mol. The molecular formula is C15H18BrNO. The number of hydrogen-bond acceptors (Lipinski definition) is 1. The molecule has 0 spiro atoms. The number of halogens is 1. The fourth-order valence-electron chi connectivity index (χ4n) is 2.15. The molecule has 0 saturated carbocycles. The standard InChI is InChI=1S/C15H18BrNO/c1-9-10(2)15(17-11(9)3)14(18)8-12-4-6-13(16)7-5-12/h4-7,14,17-18H,8H2,1-3H3. The minimum atomic E-state index is -0.474. The smallest absolute Gasteiger partial charge is 0.0980 e. The van der Waals surface area contributed by atoms with Crippen LogP contribution in [0.1, 0.15) is 34.2 Å². The van der Waals surface area contributed by atoms with Crippen LogP contribution in [0.4, 0.5) is 0 Å². The predicted octanol–water partition coefficient (Wildman–Crippen LogP) is 3.98. The molecule has 0 fully saturated rings. The van der Waals surface area contributed by atoms with Crippen molar-refractivity contribution in [3.8, 4) is 0 Å². The molecule has 1 unspecified atom stereocenters. The third-order valence-corrected chi connectivity index (χ3v) is 4.06. The van der Waals surface area contributed by atoms with E-state index in [4.69, 9.17) is 0 Å². The van der Waals surface area contributed by atoms with Gasteiger partial charge >= 0.3 is 0 Å². The molecule has 0 bridgehead atoms. The van der Waals surface area contributed by atoms with Crippen molar-refractivity contribution in [1.82, 2.24) is 4.98 Å². The topological polar surface area (TPSA) is 36.0 Å². The number of nitrogens with one attached hydrogen (secondary N) is 1. The molecule has 1 aromatic carbocycles. The molecule has 1 atom stereocenters. The SMILES string of the molecule is Cc1[nH]c(C(O)Cc2ccc(Br)cc2)c(C)c1C. The highest BCUT2D eigenvalue weighted by Crippen LogP contribution is 2.25. The molecule has 18 heavy (non-hydrogen) atoms. The summed E-state index contributed by atoms with van der Waals surface area (Å²) < 4.78 is 1.06. The van der Waals surface area contributed by atoms with Crippen LogP contribution in [0.25, 0.3) is 0 Å². The Morgan fingerprint density at radius 3 is 2.22 bits per heavy atom. The van der Waals surface area contributed by atoms with E-state index in [1.807, 2.05) is 31.2 Å². The molecule has 1 heterocycles. The summed E-state index contributed by atoms with van der Waals surface area (Å²) in [6.07, 6.45) is 0.159. The number of hydrogen-bond donors (Lipinski definition) is 2. The summed E-state index contributed by atoms with van der Waals surface area (Å²) in [4.78, 5) is 3.28. The molecule has 0 aliphatic heterocycles. The van der Waals surface area contributed by atoms with Gasteiger partial charge in [0, 0.05) is 22.3 Å². The minimum Gasteiger partial charge on any atom is -0.387 e. The first-order valence-electron chi connectivity index (χ1n) is 6.07. The van der Waals surface area contributed by atoms with Gasteiger partial charge in [-0.1, -0.05) is 28.1 Å². The third-order valence-electron chi connectivity index (χ3n) is 3.53. The van der Waals surface area contributed by atoms with Crippen LogP contribution in [0, 0.1) is 20.8 Å². The lowest BCUT2D eigenvalue weighted by atomic mass is 10.0. The summed E-state index contributed by atoms with van der Waals surface area (Å²) in [5, 5.41) is 10.3. The van der Waals surface area contributed by atoms with Crippen LogP contribution in [0.5, 0.6) is 0 Å². The Bertz CT molecular complexity index is 542. The zero-order valence-corrected chi connectivity index (χ0v) is 12.5. The van der Waals surface area contributed by atoms with Crippen molar-refractivity contribution in [2.24, 2.45) is 0 Å². The zero-order valence-electron chi connectivity index (χ0n) is 10.9. The first-order valence-corrected chi connectivity index (χ1v) is 6.86. The zero-order chi connectivity index (χ0) is 13.3. The average Bonchev–Trinajstić information content (AvgIpc) is 2.60. The Morgan fingerprint density at radius 1 is 1.11 bits per heavy atom. The van der Waals surface area contributed by atoms with Crippen molar-refractivity contribution in [3.05, 3.63) is 56.8 Å². The van der Waals surface area contributed by atoms with E-state index in [1.54, 1.807) is 0 Å². The lowest BCUT2D eigenvalue weighted by Crippen LogP contribution is -2.04. The number of aromatic amines is 1. The van der Waals surface area contributed by atoms with Crippen LogP contribution in [-0.2, 0) is 6.42 Å². The number of aliphatic hydroxyl groups is 1. The van der Waals surface area contributed by atoms with Crippen molar-refractivity contribution in [3.63, 3.8) is 0 Å². The van der Waals surface area contributed by atoms with Gasteiger partial charge in [-0.05, 0) is 49.6 Å². The fraction of sp³-hybridized carbons (Fsp3) is 0.333. The van der Waals surface area contributed by atoms with Gasteiger partial charge in [-0.3, -0.25) is 0 Å². The van der Waals surface area contributed by atoms with Crippen molar-refractivity contribution in [2.45, 2.75) is 33.3 Å². The quantitative estimate of drug-likeness (QED) is 0.884. The molecule has 2 nitrogen and oxygen atoms in total. The third kappa shape index (κ3) is 2.68. The lowest BCUT2D eigenvalue weighted by Gasteiger charge is -2.11. The van der Waals surface area contributed by atoms with Gasteiger partial charge in [0.15, 0.2) is 0 Å². The van der Waals surface area contributed by atoms with Crippen LogP contribution in [-0.4, -0.2) is 10.1 Å². The highest BCUT2D eigenvalue weighted by molar-refractivity contribution is 9.10. The number of H-pyrrole nitrogens is 1. The normalized spacial score (nSPS) is 12.7. The van der Waals surface area contributed by atoms with E-state index in [-0.39, 0.29) is 0 Å². The predicted molar refractivity (Wildman–Crippen MR) is 77.8 cm³/mol. The maximum absolute atomic E-state index is 10.3. The Labute approximate surface area is 116 Å². The van der Waals surface area contributed by atoms with Crippen LogP contribution >= 0.6 is 15.9 Å². The molecule has 0 aliphatic rings. The van der Waals surface area contributed by atoms with E-state index < -0.39 is 6.10 Å². The second-order valence-corrected chi connectivity index (χ2v) is 5.68. The Balaban J connectivity index is 2.19. The van der Waals surface area contributed by atoms with Crippen LogP contribution in [0.3, 0.4) is 0 Å². The summed E-state index contributed by atoms with van der Waals surface area (Å²) in [6, 6.07) is 8.07. The van der Waals surface area contributed by atoms with E-state index in [2.05, 4.69) is 34.8 Å².